The summed E-state index contributed by atoms with van der Waals surface area (Å²) in [5.74, 6) is 0.830. The first-order valence-electron chi connectivity index (χ1n) is 7.93. The van der Waals surface area contributed by atoms with Crippen LogP contribution < -0.4 is 10.1 Å². The van der Waals surface area contributed by atoms with Crippen molar-refractivity contribution in [2.24, 2.45) is 0 Å². The molecule has 1 N–H and O–H groups in total. The molecule has 0 saturated carbocycles. The Kier molecular flexibility index (Phi) is 4.50. The van der Waals surface area contributed by atoms with E-state index in [9.17, 15) is 5.26 Å². The summed E-state index contributed by atoms with van der Waals surface area (Å²) < 4.78 is 5.17. The Morgan fingerprint density at radius 2 is 1.71 bits per heavy atom. The van der Waals surface area contributed by atoms with Crippen molar-refractivity contribution < 1.29 is 4.74 Å². The van der Waals surface area contributed by atoms with E-state index in [2.05, 4.69) is 35.7 Å². The predicted octanol–water partition coefficient (Wildman–Crippen LogP) is 4.38. The lowest BCUT2D eigenvalue weighted by molar-refractivity contribution is 0.414. The van der Waals surface area contributed by atoms with Gasteiger partial charge in [-0.05, 0) is 47.0 Å². The summed E-state index contributed by atoms with van der Waals surface area (Å²) in [5.41, 5.74) is 1.33. The minimum atomic E-state index is -0.746. The van der Waals surface area contributed by atoms with Crippen LogP contribution in [0.15, 0.2) is 66.7 Å². The molecular formula is C21H20N2O. The molecule has 0 aliphatic heterocycles. The first-order valence-corrected chi connectivity index (χ1v) is 7.93. The maximum atomic E-state index is 9.74. The maximum Gasteiger partial charge on any atom is 0.129 e. The maximum absolute atomic E-state index is 9.74. The van der Waals surface area contributed by atoms with Gasteiger partial charge in [-0.1, -0.05) is 48.5 Å². The molecule has 0 heterocycles. The molecule has 3 rings (SSSR count). The molecule has 0 saturated heterocycles. The molecule has 0 aliphatic carbocycles. The fraction of sp³-hybridized carbons (Fsp3) is 0.190. The molecule has 0 radical (unpaired) electrons. The average Bonchev–Trinajstić information content (AvgIpc) is 2.66. The monoisotopic (exact) mass is 316 g/mol. The van der Waals surface area contributed by atoms with Gasteiger partial charge in [0.2, 0.25) is 0 Å². The molecule has 24 heavy (non-hydrogen) atoms. The summed E-state index contributed by atoms with van der Waals surface area (Å²) in [5, 5.41) is 15.4. The lowest BCUT2D eigenvalue weighted by Gasteiger charge is -2.24. The van der Waals surface area contributed by atoms with Crippen LogP contribution in [-0.2, 0) is 12.1 Å². The van der Waals surface area contributed by atoms with Crippen LogP contribution in [0.1, 0.15) is 18.1 Å². The van der Waals surface area contributed by atoms with E-state index in [4.69, 9.17) is 4.74 Å². The molecule has 0 spiro atoms. The fourth-order valence-electron chi connectivity index (χ4n) is 2.73. The van der Waals surface area contributed by atoms with Crippen molar-refractivity contribution >= 4 is 10.8 Å². The molecule has 3 nitrogen and oxygen atoms in total. The Bertz CT molecular complexity index is 880. The number of nitrogens with zero attached hydrogens (tertiary/aromatic N) is 1. The number of ether oxygens (including phenoxy) is 1. The first kappa shape index (κ1) is 16.0. The van der Waals surface area contributed by atoms with Crippen molar-refractivity contribution in [1.82, 2.24) is 5.32 Å². The fourth-order valence-corrected chi connectivity index (χ4v) is 2.73. The summed E-state index contributed by atoms with van der Waals surface area (Å²) in [6.45, 7) is 2.53. The van der Waals surface area contributed by atoms with Crippen LogP contribution in [0.2, 0.25) is 0 Å². The second kappa shape index (κ2) is 6.74. The Balaban J connectivity index is 1.82. The van der Waals surface area contributed by atoms with Gasteiger partial charge < -0.3 is 4.74 Å². The van der Waals surface area contributed by atoms with Gasteiger partial charge in [0.15, 0.2) is 0 Å². The van der Waals surface area contributed by atoms with Crippen LogP contribution in [0.25, 0.3) is 10.8 Å². The third-order valence-electron chi connectivity index (χ3n) is 4.36. The lowest BCUT2D eigenvalue weighted by atomic mass is 9.91. The molecule has 3 aromatic carbocycles. The number of hydrogen-bond acceptors (Lipinski definition) is 3. The lowest BCUT2D eigenvalue weighted by Crippen LogP contribution is -2.37. The average molecular weight is 316 g/mol. The van der Waals surface area contributed by atoms with E-state index in [1.165, 1.54) is 5.39 Å². The van der Waals surface area contributed by atoms with Gasteiger partial charge in [-0.15, -0.1) is 0 Å². The molecule has 3 heteroatoms. The molecular weight excluding hydrogens is 296 g/mol. The van der Waals surface area contributed by atoms with E-state index < -0.39 is 5.54 Å². The zero-order chi connectivity index (χ0) is 17.0. The number of benzene rings is 3. The van der Waals surface area contributed by atoms with Crippen molar-refractivity contribution in [2.75, 3.05) is 7.11 Å². The Morgan fingerprint density at radius 1 is 1.00 bits per heavy atom. The standard InChI is InChI=1S/C21H20N2O/c1-21(15-22,23-14-16-7-11-20(24-2)12-8-16)19-10-9-17-5-3-4-6-18(17)13-19/h3-13,23H,14H2,1-2H3. The van der Waals surface area contributed by atoms with Gasteiger partial charge in [-0.25, -0.2) is 0 Å². The molecule has 0 amide bonds. The number of rotatable bonds is 5. The number of nitrogens with one attached hydrogen (secondary N) is 1. The van der Waals surface area contributed by atoms with E-state index in [0.717, 1.165) is 22.3 Å². The number of nitriles is 1. The first-order chi connectivity index (χ1) is 11.6. The Labute approximate surface area is 142 Å². The summed E-state index contributed by atoms with van der Waals surface area (Å²) in [4.78, 5) is 0. The van der Waals surface area contributed by atoms with Crippen LogP contribution in [0.3, 0.4) is 0 Å². The van der Waals surface area contributed by atoms with Gasteiger partial charge in [0.1, 0.15) is 11.3 Å². The number of hydrogen-bond donors (Lipinski definition) is 1. The largest absolute Gasteiger partial charge is 0.497 e. The van der Waals surface area contributed by atoms with Gasteiger partial charge in [0.05, 0.1) is 13.2 Å². The normalized spacial score (nSPS) is 13.2. The minimum Gasteiger partial charge on any atom is -0.497 e. The van der Waals surface area contributed by atoms with Crippen LogP contribution in [-0.4, -0.2) is 7.11 Å². The molecule has 0 fully saturated rings. The molecule has 1 atom stereocenters. The summed E-state index contributed by atoms with van der Waals surface area (Å²) >= 11 is 0. The van der Waals surface area contributed by atoms with Crippen molar-refractivity contribution in [3.05, 3.63) is 77.9 Å². The highest BCUT2D eigenvalue weighted by atomic mass is 16.5. The van der Waals surface area contributed by atoms with Crippen LogP contribution in [0.4, 0.5) is 0 Å². The van der Waals surface area contributed by atoms with Crippen molar-refractivity contribution in [2.45, 2.75) is 19.0 Å². The van der Waals surface area contributed by atoms with Gasteiger partial charge in [0, 0.05) is 6.54 Å². The second-order valence-electron chi connectivity index (χ2n) is 6.00. The van der Waals surface area contributed by atoms with Crippen molar-refractivity contribution in [1.29, 1.82) is 5.26 Å². The van der Waals surface area contributed by atoms with Crippen molar-refractivity contribution in [3.63, 3.8) is 0 Å². The van der Waals surface area contributed by atoms with Crippen molar-refractivity contribution in [3.8, 4) is 11.8 Å². The smallest absolute Gasteiger partial charge is 0.129 e. The van der Waals surface area contributed by atoms with Gasteiger partial charge >= 0.3 is 0 Å². The summed E-state index contributed by atoms with van der Waals surface area (Å²) in [6.07, 6.45) is 0. The van der Waals surface area contributed by atoms with E-state index in [0.29, 0.717) is 6.54 Å². The van der Waals surface area contributed by atoms with E-state index in [1.54, 1.807) is 7.11 Å². The molecule has 0 aromatic heterocycles. The van der Waals surface area contributed by atoms with E-state index in [-0.39, 0.29) is 0 Å². The molecule has 0 aliphatic rings. The Hall–Kier alpha value is -2.83. The van der Waals surface area contributed by atoms with Crippen LogP contribution >= 0.6 is 0 Å². The second-order valence-corrected chi connectivity index (χ2v) is 6.00. The van der Waals surface area contributed by atoms with Crippen LogP contribution in [0.5, 0.6) is 5.75 Å². The summed E-state index contributed by atoms with van der Waals surface area (Å²) in [6, 6.07) is 24.6. The van der Waals surface area contributed by atoms with Gasteiger partial charge in [-0.3, -0.25) is 5.32 Å². The molecule has 120 valence electrons. The zero-order valence-corrected chi connectivity index (χ0v) is 13.9. The third-order valence-corrected chi connectivity index (χ3v) is 4.36. The van der Waals surface area contributed by atoms with Gasteiger partial charge in [0.25, 0.3) is 0 Å². The zero-order valence-electron chi connectivity index (χ0n) is 13.9. The van der Waals surface area contributed by atoms with E-state index >= 15 is 0 Å². The highest BCUT2D eigenvalue weighted by Gasteiger charge is 2.25. The molecule has 1 unspecified atom stereocenters. The quantitative estimate of drug-likeness (QED) is 0.760. The van der Waals surface area contributed by atoms with Gasteiger partial charge in [-0.2, -0.15) is 5.26 Å². The third kappa shape index (κ3) is 3.24. The number of methoxy groups -OCH3 is 1. The topological polar surface area (TPSA) is 45.0 Å². The van der Waals surface area contributed by atoms with Crippen LogP contribution in [0, 0.1) is 11.3 Å². The van der Waals surface area contributed by atoms with E-state index in [1.807, 2.05) is 49.4 Å². The SMILES string of the molecule is COc1ccc(CNC(C)(C#N)c2ccc3ccccc3c2)cc1. The predicted molar refractivity (Wildman–Crippen MR) is 96.7 cm³/mol. The minimum absolute atomic E-state index is 0.612. The highest BCUT2D eigenvalue weighted by molar-refractivity contribution is 5.83. The Morgan fingerprint density at radius 3 is 2.38 bits per heavy atom. The summed E-state index contributed by atoms with van der Waals surface area (Å²) in [7, 11) is 1.65. The highest BCUT2D eigenvalue weighted by Crippen LogP contribution is 2.25. The molecule has 3 aromatic rings. The number of fused-ring (bicyclic) bond motifs is 1. The molecule has 0 bridgehead atoms.